The van der Waals surface area contributed by atoms with Crippen LogP contribution in [0.5, 0.6) is 0 Å². The van der Waals surface area contributed by atoms with Crippen molar-refractivity contribution in [3.63, 3.8) is 0 Å². The van der Waals surface area contributed by atoms with Crippen molar-refractivity contribution in [1.82, 2.24) is 15.1 Å². The Morgan fingerprint density at radius 2 is 1.71 bits per heavy atom. The second-order valence-electron chi connectivity index (χ2n) is 10.6. The minimum absolute atomic E-state index is 0.106. The molecule has 6 nitrogen and oxygen atoms in total. The Balaban J connectivity index is 1.51. The van der Waals surface area contributed by atoms with Gasteiger partial charge in [0.15, 0.2) is 0 Å². The SMILES string of the molecule is CC1(C(=O)NC2CCCCCC2)Cn2nc(-c3ccc(CCF)cc3)cc2C(=O)N1c1ccc(CCl)cc1. The van der Waals surface area contributed by atoms with Crippen molar-refractivity contribution >= 4 is 29.1 Å². The van der Waals surface area contributed by atoms with Crippen molar-refractivity contribution in [2.24, 2.45) is 0 Å². The molecule has 3 aromatic rings. The molecule has 0 saturated heterocycles. The first-order valence-electron chi connectivity index (χ1n) is 13.5. The molecule has 8 heteroatoms. The summed E-state index contributed by atoms with van der Waals surface area (Å²) in [6.07, 6.45) is 6.85. The number of nitrogens with one attached hydrogen (secondary N) is 1. The van der Waals surface area contributed by atoms with Crippen LogP contribution in [-0.4, -0.2) is 39.9 Å². The van der Waals surface area contributed by atoms with E-state index in [1.54, 1.807) is 15.6 Å². The van der Waals surface area contributed by atoms with Crippen LogP contribution in [-0.2, 0) is 23.6 Å². The summed E-state index contributed by atoms with van der Waals surface area (Å²) in [7, 11) is 0. The summed E-state index contributed by atoms with van der Waals surface area (Å²) in [5.74, 6) is -0.0768. The quantitative estimate of drug-likeness (QED) is 0.295. The Morgan fingerprint density at radius 1 is 1.05 bits per heavy atom. The van der Waals surface area contributed by atoms with E-state index in [0.29, 0.717) is 29.4 Å². The lowest BCUT2D eigenvalue weighted by molar-refractivity contribution is -0.127. The standard InChI is InChI=1S/C30H34ClFN4O2/c1-30(29(38)33-24-6-4-2-3-5-7-24)20-35-27(28(37)36(30)25-14-10-22(19-31)11-15-25)18-26(34-35)23-12-8-21(9-13-23)16-17-32/h8-15,18,24H,2-7,16-17,19-20H2,1H3,(H,33,38). The number of nitrogens with zero attached hydrogens (tertiary/aromatic N) is 3. The molecule has 2 heterocycles. The molecule has 2 aromatic carbocycles. The first-order chi connectivity index (χ1) is 18.4. The molecule has 1 atom stereocenters. The number of aryl methyl sites for hydroxylation is 1. The number of carbonyl (C=O) groups excluding carboxylic acids is 2. The summed E-state index contributed by atoms with van der Waals surface area (Å²) in [6.45, 7) is 1.64. The van der Waals surface area contributed by atoms with Gasteiger partial charge in [-0.25, -0.2) is 0 Å². The first-order valence-corrected chi connectivity index (χ1v) is 14.0. The molecular weight excluding hydrogens is 503 g/mol. The van der Waals surface area contributed by atoms with Gasteiger partial charge < -0.3 is 5.32 Å². The normalized spacial score (nSPS) is 20.2. The summed E-state index contributed by atoms with van der Waals surface area (Å²) in [5, 5.41) is 8.01. The highest BCUT2D eigenvalue weighted by molar-refractivity contribution is 6.17. The first kappa shape index (κ1) is 26.4. The molecule has 1 unspecified atom stereocenters. The molecule has 200 valence electrons. The third-order valence-electron chi connectivity index (χ3n) is 7.81. The number of anilines is 1. The zero-order valence-corrected chi connectivity index (χ0v) is 22.5. The maximum absolute atomic E-state index is 14.0. The second-order valence-corrected chi connectivity index (χ2v) is 10.9. The molecule has 5 rings (SSSR count). The van der Waals surface area contributed by atoms with Gasteiger partial charge >= 0.3 is 0 Å². The zero-order chi connectivity index (χ0) is 26.7. The Bertz CT molecular complexity index is 1280. The summed E-state index contributed by atoms with van der Waals surface area (Å²) >= 11 is 6.00. The second kappa shape index (κ2) is 11.3. The molecule has 1 fully saturated rings. The highest BCUT2D eigenvalue weighted by Gasteiger charge is 2.49. The van der Waals surface area contributed by atoms with Gasteiger partial charge in [0.1, 0.15) is 11.2 Å². The minimum atomic E-state index is -1.17. The number of halogens is 2. The molecule has 1 aliphatic carbocycles. The molecule has 0 spiro atoms. The minimum Gasteiger partial charge on any atom is -0.351 e. The van der Waals surface area contributed by atoms with Gasteiger partial charge in [-0.05, 0) is 49.1 Å². The lowest BCUT2D eigenvalue weighted by Gasteiger charge is -2.43. The van der Waals surface area contributed by atoms with Crippen molar-refractivity contribution in [2.45, 2.75) is 75.9 Å². The summed E-state index contributed by atoms with van der Waals surface area (Å²) in [5.41, 5.74) is 3.23. The van der Waals surface area contributed by atoms with Crippen LogP contribution in [0.4, 0.5) is 10.1 Å². The van der Waals surface area contributed by atoms with E-state index in [1.165, 1.54) is 12.8 Å². The Labute approximate surface area is 228 Å². The van der Waals surface area contributed by atoms with Gasteiger partial charge in [-0.3, -0.25) is 23.6 Å². The fraction of sp³-hybridized carbons (Fsp3) is 0.433. The molecule has 2 aliphatic rings. The number of amides is 2. The number of hydrogen-bond acceptors (Lipinski definition) is 3. The van der Waals surface area contributed by atoms with Crippen LogP contribution < -0.4 is 10.2 Å². The van der Waals surface area contributed by atoms with Gasteiger partial charge in [-0.1, -0.05) is 62.1 Å². The highest BCUT2D eigenvalue weighted by Crippen LogP contribution is 2.35. The van der Waals surface area contributed by atoms with E-state index < -0.39 is 12.2 Å². The topological polar surface area (TPSA) is 67.2 Å². The number of aromatic nitrogens is 2. The largest absolute Gasteiger partial charge is 0.351 e. The van der Waals surface area contributed by atoms with E-state index >= 15 is 0 Å². The fourth-order valence-corrected chi connectivity index (χ4v) is 5.76. The van der Waals surface area contributed by atoms with Gasteiger partial charge in [0.2, 0.25) is 5.91 Å². The number of fused-ring (bicyclic) bond motifs is 1. The van der Waals surface area contributed by atoms with Gasteiger partial charge in [-0.2, -0.15) is 5.10 Å². The molecule has 1 aliphatic heterocycles. The van der Waals surface area contributed by atoms with E-state index in [4.69, 9.17) is 16.7 Å². The summed E-state index contributed by atoms with van der Waals surface area (Å²) in [6, 6.07) is 16.9. The molecular formula is C30H34ClFN4O2. The van der Waals surface area contributed by atoms with Crippen molar-refractivity contribution < 1.29 is 14.0 Å². The molecule has 0 radical (unpaired) electrons. The molecule has 38 heavy (non-hydrogen) atoms. The molecule has 1 N–H and O–H groups in total. The van der Waals surface area contributed by atoms with E-state index in [2.05, 4.69) is 5.32 Å². The fourth-order valence-electron chi connectivity index (χ4n) is 5.58. The van der Waals surface area contributed by atoms with Crippen molar-refractivity contribution in [1.29, 1.82) is 0 Å². The number of benzene rings is 2. The number of carbonyl (C=O) groups is 2. The van der Waals surface area contributed by atoms with E-state index in [9.17, 15) is 14.0 Å². The Hall–Kier alpha value is -3.19. The van der Waals surface area contributed by atoms with Crippen molar-refractivity contribution in [3.8, 4) is 11.3 Å². The van der Waals surface area contributed by atoms with Crippen LogP contribution in [0.25, 0.3) is 11.3 Å². The molecule has 0 bridgehead atoms. The number of rotatable bonds is 7. The average Bonchev–Trinajstić information content (AvgIpc) is 3.18. The number of alkyl halides is 2. The third kappa shape index (κ3) is 5.21. The van der Waals surface area contributed by atoms with Gasteiger partial charge in [0.25, 0.3) is 5.91 Å². The van der Waals surface area contributed by atoms with Crippen LogP contribution in [0.15, 0.2) is 54.6 Å². The predicted molar refractivity (Wildman–Crippen MR) is 148 cm³/mol. The maximum atomic E-state index is 14.0. The monoisotopic (exact) mass is 536 g/mol. The zero-order valence-electron chi connectivity index (χ0n) is 21.8. The highest BCUT2D eigenvalue weighted by atomic mass is 35.5. The smallest absolute Gasteiger partial charge is 0.277 e. The van der Waals surface area contributed by atoms with Crippen LogP contribution in [0.1, 0.15) is 67.1 Å². The lowest BCUT2D eigenvalue weighted by atomic mass is 9.93. The predicted octanol–water partition coefficient (Wildman–Crippen LogP) is 6.06. The van der Waals surface area contributed by atoms with Crippen molar-refractivity contribution in [3.05, 3.63) is 71.4 Å². The number of hydrogen-bond donors (Lipinski definition) is 1. The van der Waals surface area contributed by atoms with Gasteiger partial charge in [0, 0.05) is 29.6 Å². The average molecular weight is 537 g/mol. The van der Waals surface area contributed by atoms with Gasteiger partial charge in [0.05, 0.1) is 18.9 Å². The van der Waals surface area contributed by atoms with Crippen molar-refractivity contribution in [2.75, 3.05) is 11.6 Å². The van der Waals surface area contributed by atoms with Crippen LogP contribution >= 0.6 is 11.6 Å². The Kier molecular flexibility index (Phi) is 7.84. The van der Waals surface area contributed by atoms with Crippen LogP contribution in [0.2, 0.25) is 0 Å². The lowest BCUT2D eigenvalue weighted by Crippen LogP contribution is -2.65. The molecule has 1 aromatic heterocycles. The van der Waals surface area contributed by atoms with Crippen LogP contribution in [0.3, 0.4) is 0 Å². The van der Waals surface area contributed by atoms with Crippen LogP contribution in [0, 0.1) is 0 Å². The summed E-state index contributed by atoms with van der Waals surface area (Å²) < 4.78 is 14.4. The van der Waals surface area contributed by atoms with E-state index in [1.807, 2.05) is 55.5 Å². The third-order valence-corrected chi connectivity index (χ3v) is 8.12. The molecule has 2 amide bonds. The Morgan fingerprint density at radius 3 is 2.34 bits per heavy atom. The maximum Gasteiger partial charge on any atom is 0.277 e. The van der Waals surface area contributed by atoms with Gasteiger partial charge in [-0.15, -0.1) is 11.6 Å². The summed E-state index contributed by atoms with van der Waals surface area (Å²) in [4.78, 5) is 29.6. The van der Waals surface area contributed by atoms with E-state index in [0.717, 1.165) is 42.4 Å². The van der Waals surface area contributed by atoms with E-state index in [-0.39, 0.29) is 24.4 Å². The molecule has 1 saturated carbocycles.